The van der Waals surface area contributed by atoms with Crippen molar-refractivity contribution in [3.05, 3.63) is 78.5 Å². The highest BCUT2D eigenvalue weighted by Gasteiger charge is 2.15. The first-order valence-electron chi connectivity index (χ1n) is 8.41. The van der Waals surface area contributed by atoms with Gasteiger partial charge in [-0.05, 0) is 33.6 Å². The predicted octanol–water partition coefficient (Wildman–Crippen LogP) is 6.35. The van der Waals surface area contributed by atoms with E-state index in [1.165, 1.54) is 32.8 Å². The van der Waals surface area contributed by atoms with E-state index in [0.29, 0.717) is 0 Å². The average Bonchev–Trinajstić information content (AvgIpc) is 2.60. The molecule has 0 N–H and O–H groups in total. The molecule has 1 heteroatoms. The van der Waals surface area contributed by atoms with Crippen molar-refractivity contribution in [3.8, 4) is 11.1 Å². The van der Waals surface area contributed by atoms with Crippen LogP contribution in [0.3, 0.4) is 0 Å². The van der Waals surface area contributed by atoms with E-state index in [1.54, 1.807) is 0 Å². The lowest BCUT2D eigenvalue weighted by atomic mass is 9.85. The molecule has 1 aromatic heterocycles. The summed E-state index contributed by atoms with van der Waals surface area (Å²) in [5.41, 5.74) is 5.08. The van der Waals surface area contributed by atoms with Gasteiger partial charge < -0.3 is 0 Å². The summed E-state index contributed by atoms with van der Waals surface area (Å²) in [6, 6.07) is 23.9. The number of hydrogen-bond acceptors (Lipinski definition) is 1. The fourth-order valence-electron chi connectivity index (χ4n) is 3.31. The lowest BCUT2D eigenvalue weighted by Crippen LogP contribution is -2.10. The Labute approximate surface area is 143 Å². The van der Waals surface area contributed by atoms with Gasteiger partial charge in [0, 0.05) is 17.0 Å². The van der Waals surface area contributed by atoms with E-state index in [-0.39, 0.29) is 5.41 Å². The quantitative estimate of drug-likeness (QED) is 0.373. The Morgan fingerprint density at radius 3 is 2.33 bits per heavy atom. The van der Waals surface area contributed by atoms with Crippen molar-refractivity contribution in [1.29, 1.82) is 0 Å². The zero-order valence-corrected chi connectivity index (χ0v) is 14.4. The highest BCUT2D eigenvalue weighted by atomic mass is 14.6. The zero-order chi connectivity index (χ0) is 16.7. The zero-order valence-electron chi connectivity index (χ0n) is 14.4. The van der Waals surface area contributed by atoms with E-state index in [4.69, 9.17) is 0 Å². The number of nitrogens with zero attached hydrogens (tertiary/aromatic N) is 1. The van der Waals surface area contributed by atoms with Crippen molar-refractivity contribution in [1.82, 2.24) is 4.98 Å². The van der Waals surface area contributed by atoms with Crippen LogP contribution in [0.2, 0.25) is 0 Å². The number of benzene rings is 3. The van der Waals surface area contributed by atoms with Gasteiger partial charge in [0.15, 0.2) is 0 Å². The van der Waals surface area contributed by atoms with Gasteiger partial charge in [-0.2, -0.15) is 0 Å². The Balaban J connectivity index is 2.06. The molecule has 4 aromatic rings. The first-order valence-corrected chi connectivity index (χ1v) is 8.41. The van der Waals surface area contributed by atoms with E-state index in [2.05, 4.69) is 86.4 Å². The summed E-state index contributed by atoms with van der Waals surface area (Å²) in [6.07, 6.45) is 1.88. The number of aromatic nitrogens is 1. The van der Waals surface area contributed by atoms with Crippen LogP contribution in [0.25, 0.3) is 32.8 Å². The predicted molar refractivity (Wildman–Crippen MR) is 103 cm³/mol. The molecule has 4 rings (SSSR count). The molecule has 0 aliphatic carbocycles. The molecule has 0 aliphatic heterocycles. The maximum Gasteiger partial charge on any atom is 0.0786 e. The molecule has 24 heavy (non-hydrogen) atoms. The van der Waals surface area contributed by atoms with Gasteiger partial charge in [0.25, 0.3) is 0 Å². The molecule has 0 bridgehead atoms. The summed E-state index contributed by atoms with van der Waals surface area (Å²) in [6.45, 7) is 6.77. The van der Waals surface area contributed by atoms with Gasteiger partial charge in [0.2, 0.25) is 0 Å². The van der Waals surface area contributed by atoms with Crippen LogP contribution >= 0.6 is 0 Å². The SMILES string of the molecule is CC(C)(C)c1cccc(-c2cccc3ccc4cccnc4c23)c1. The molecule has 0 unspecified atom stereocenters. The van der Waals surface area contributed by atoms with E-state index < -0.39 is 0 Å². The number of pyridine rings is 1. The summed E-state index contributed by atoms with van der Waals surface area (Å²) in [5.74, 6) is 0. The third-order valence-corrected chi connectivity index (χ3v) is 4.65. The van der Waals surface area contributed by atoms with Crippen molar-refractivity contribution in [2.24, 2.45) is 0 Å². The van der Waals surface area contributed by atoms with Crippen molar-refractivity contribution in [2.75, 3.05) is 0 Å². The van der Waals surface area contributed by atoms with E-state index >= 15 is 0 Å². The summed E-state index contributed by atoms with van der Waals surface area (Å²) >= 11 is 0. The van der Waals surface area contributed by atoms with Crippen LogP contribution in [-0.2, 0) is 5.41 Å². The second-order valence-corrected chi connectivity index (χ2v) is 7.38. The lowest BCUT2D eigenvalue weighted by Gasteiger charge is -2.20. The summed E-state index contributed by atoms with van der Waals surface area (Å²) in [5, 5.41) is 3.66. The van der Waals surface area contributed by atoms with E-state index in [0.717, 1.165) is 5.52 Å². The van der Waals surface area contributed by atoms with Gasteiger partial charge in [-0.1, -0.05) is 81.4 Å². The molecule has 0 saturated heterocycles. The molecule has 3 aromatic carbocycles. The minimum Gasteiger partial charge on any atom is -0.256 e. The summed E-state index contributed by atoms with van der Waals surface area (Å²) < 4.78 is 0. The molecule has 1 nitrogen and oxygen atoms in total. The van der Waals surface area contributed by atoms with Gasteiger partial charge in [-0.15, -0.1) is 0 Å². The second kappa shape index (κ2) is 5.45. The highest BCUT2D eigenvalue weighted by molar-refractivity contribution is 6.12. The Hall–Kier alpha value is -2.67. The fourth-order valence-corrected chi connectivity index (χ4v) is 3.31. The molecule has 0 amide bonds. The molecule has 0 fully saturated rings. The van der Waals surface area contributed by atoms with Gasteiger partial charge in [-0.3, -0.25) is 4.98 Å². The first kappa shape index (κ1) is 14.9. The highest BCUT2D eigenvalue weighted by Crippen LogP contribution is 2.35. The van der Waals surface area contributed by atoms with Gasteiger partial charge >= 0.3 is 0 Å². The smallest absolute Gasteiger partial charge is 0.0786 e. The largest absolute Gasteiger partial charge is 0.256 e. The molecule has 0 saturated carbocycles. The van der Waals surface area contributed by atoms with E-state index in [9.17, 15) is 0 Å². The molecule has 0 spiro atoms. The summed E-state index contributed by atoms with van der Waals surface area (Å²) in [4.78, 5) is 4.67. The molecule has 0 atom stereocenters. The molecule has 118 valence electrons. The second-order valence-electron chi connectivity index (χ2n) is 7.38. The number of rotatable bonds is 1. The molecule has 0 radical (unpaired) electrons. The Morgan fingerprint density at radius 2 is 1.50 bits per heavy atom. The van der Waals surface area contributed by atoms with Crippen molar-refractivity contribution in [2.45, 2.75) is 26.2 Å². The normalized spacial score (nSPS) is 12.0. The monoisotopic (exact) mass is 311 g/mol. The Bertz CT molecular complexity index is 1040. The topological polar surface area (TPSA) is 12.9 Å². The first-order chi connectivity index (χ1) is 11.5. The fraction of sp³-hybridized carbons (Fsp3) is 0.174. The van der Waals surface area contributed by atoms with Crippen molar-refractivity contribution < 1.29 is 0 Å². The van der Waals surface area contributed by atoms with Crippen LogP contribution in [0.5, 0.6) is 0 Å². The van der Waals surface area contributed by atoms with Crippen LogP contribution in [-0.4, -0.2) is 4.98 Å². The third-order valence-electron chi connectivity index (χ3n) is 4.65. The maximum atomic E-state index is 4.67. The van der Waals surface area contributed by atoms with Crippen LogP contribution in [0.1, 0.15) is 26.3 Å². The third kappa shape index (κ3) is 2.46. The van der Waals surface area contributed by atoms with E-state index in [1.807, 2.05) is 12.3 Å². The van der Waals surface area contributed by atoms with Crippen LogP contribution in [0.15, 0.2) is 72.9 Å². The number of hydrogen-bond donors (Lipinski definition) is 0. The molecule has 0 aliphatic rings. The lowest BCUT2D eigenvalue weighted by molar-refractivity contribution is 0.590. The Kier molecular flexibility index (Phi) is 3.38. The maximum absolute atomic E-state index is 4.67. The number of fused-ring (bicyclic) bond motifs is 3. The standard InChI is InChI=1S/C23H21N/c1-23(2,3)19-10-4-8-18(15-19)20-11-5-7-16-12-13-17-9-6-14-24-22(17)21(16)20/h4-15H,1-3H3. The molecular formula is C23H21N. The van der Waals surface area contributed by atoms with Crippen LogP contribution in [0, 0.1) is 0 Å². The van der Waals surface area contributed by atoms with Gasteiger partial charge in [0.1, 0.15) is 0 Å². The molecular weight excluding hydrogens is 290 g/mol. The average molecular weight is 311 g/mol. The van der Waals surface area contributed by atoms with Crippen molar-refractivity contribution in [3.63, 3.8) is 0 Å². The minimum atomic E-state index is 0.140. The molecule has 1 heterocycles. The Morgan fingerprint density at radius 1 is 0.750 bits per heavy atom. The minimum absolute atomic E-state index is 0.140. The van der Waals surface area contributed by atoms with Crippen molar-refractivity contribution >= 4 is 21.7 Å². The summed E-state index contributed by atoms with van der Waals surface area (Å²) in [7, 11) is 0. The van der Waals surface area contributed by atoms with Gasteiger partial charge in [0.05, 0.1) is 5.52 Å². The van der Waals surface area contributed by atoms with Gasteiger partial charge in [-0.25, -0.2) is 0 Å². The van der Waals surface area contributed by atoms with Crippen LogP contribution < -0.4 is 0 Å². The van der Waals surface area contributed by atoms with Crippen LogP contribution in [0.4, 0.5) is 0 Å².